The summed E-state index contributed by atoms with van der Waals surface area (Å²) in [6.45, 7) is 0.583. The summed E-state index contributed by atoms with van der Waals surface area (Å²) in [4.78, 5) is 13.4. The van der Waals surface area contributed by atoms with Crippen molar-refractivity contribution in [2.45, 2.75) is 6.54 Å². The van der Waals surface area contributed by atoms with E-state index in [1.165, 1.54) is 0 Å². The van der Waals surface area contributed by atoms with Gasteiger partial charge >= 0.3 is 0 Å². The first-order chi connectivity index (χ1) is 9.25. The Morgan fingerprint density at radius 3 is 2.95 bits per heavy atom. The molecule has 0 unspecified atom stereocenters. The lowest BCUT2D eigenvalue weighted by atomic mass is 10.1. The number of nitrogens with zero attached hydrogens (tertiary/aromatic N) is 1. The summed E-state index contributed by atoms with van der Waals surface area (Å²) in [6, 6.07) is 11.8. The van der Waals surface area contributed by atoms with Crippen molar-refractivity contribution in [3.8, 4) is 0 Å². The monoisotopic (exact) mass is 270 g/mol. The molecule has 1 amide bonds. The van der Waals surface area contributed by atoms with E-state index >= 15 is 0 Å². The second-order valence-electron chi connectivity index (χ2n) is 4.43. The first-order valence-corrected chi connectivity index (χ1v) is 6.98. The highest BCUT2D eigenvalue weighted by Gasteiger charge is 2.11. The number of amides is 1. The van der Waals surface area contributed by atoms with E-state index in [9.17, 15) is 4.79 Å². The Hall–Kier alpha value is -2.07. The van der Waals surface area contributed by atoms with Crippen molar-refractivity contribution in [1.29, 1.82) is 0 Å². The van der Waals surface area contributed by atoms with E-state index in [2.05, 4.69) is 5.32 Å². The summed E-state index contributed by atoms with van der Waals surface area (Å²) in [5.41, 5.74) is 1.80. The Morgan fingerprint density at radius 2 is 2.16 bits per heavy atom. The largest absolute Gasteiger partial charge is 0.351 e. The van der Waals surface area contributed by atoms with E-state index < -0.39 is 0 Å². The van der Waals surface area contributed by atoms with Gasteiger partial charge in [0.2, 0.25) is 0 Å². The van der Waals surface area contributed by atoms with E-state index in [0.29, 0.717) is 6.54 Å². The van der Waals surface area contributed by atoms with Gasteiger partial charge in [0.1, 0.15) is 0 Å². The Labute approximate surface area is 115 Å². The highest BCUT2D eigenvalue weighted by molar-refractivity contribution is 7.09. The van der Waals surface area contributed by atoms with Crippen molar-refractivity contribution in [2.24, 2.45) is 7.05 Å². The molecule has 0 aliphatic heterocycles. The predicted octanol–water partition coefficient (Wildman–Crippen LogP) is 3.17. The van der Waals surface area contributed by atoms with E-state index in [4.69, 9.17) is 0 Å². The maximum absolute atomic E-state index is 12.2. The number of carbonyl (C=O) groups is 1. The van der Waals surface area contributed by atoms with Gasteiger partial charge in [0, 0.05) is 34.6 Å². The predicted molar refractivity (Wildman–Crippen MR) is 78.4 cm³/mol. The summed E-state index contributed by atoms with van der Waals surface area (Å²) in [5, 5.41) is 5.97. The minimum Gasteiger partial charge on any atom is -0.351 e. The number of benzene rings is 1. The lowest BCUT2D eigenvalue weighted by Crippen LogP contribution is -2.22. The van der Waals surface area contributed by atoms with Gasteiger partial charge in [-0.15, -0.1) is 11.3 Å². The van der Waals surface area contributed by atoms with Crippen molar-refractivity contribution in [3.05, 3.63) is 58.4 Å². The van der Waals surface area contributed by atoms with Crippen molar-refractivity contribution in [1.82, 2.24) is 9.88 Å². The highest BCUT2D eigenvalue weighted by Crippen LogP contribution is 2.19. The number of nitrogens with one attached hydrogen (secondary N) is 1. The van der Waals surface area contributed by atoms with Crippen LogP contribution in [0.2, 0.25) is 0 Å². The van der Waals surface area contributed by atoms with Gasteiger partial charge in [-0.1, -0.05) is 12.1 Å². The summed E-state index contributed by atoms with van der Waals surface area (Å²) >= 11 is 1.65. The van der Waals surface area contributed by atoms with Crippen LogP contribution in [0.5, 0.6) is 0 Å². The standard InChI is InChI=1S/C15H14N2OS/c1-17-8-7-12-13(5-2-6-14(12)17)15(18)16-10-11-4-3-9-19-11/h2-9H,10H2,1H3,(H,16,18). The fourth-order valence-corrected chi connectivity index (χ4v) is 2.82. The van der Waals surface area contributed by atoms with Gasteiger partial charge in [0.15, 0.2) is 0 Å². The van der Waals surface area contributed by atoms with Crippen LogP contribution in [0.15, 0.2) is 48.0 Å². The molecular formula is C15H14N2OS. The molecule has 0 atom stereocenters. The average molecular weight is 270 g/mol. The molecule has 0 fully saturated rings. The SMILES string of the molecule is Cn1ccc2c(C(=O)NCc3cccs3)cccc21. The molecular weight excluding hydrogens is 256 g/mol. The number of carbonyl (C=O) groups excluding carboxylic acids is 1. The van der Waals surface area contributed by atoms with Crippen LogP contribution in [-0.4, -0.2) is 10.5 Å². The number of fused-ring (bicyclic) bond motifs is 1. The van der Waals surface area contributed by atoms with Crippen LogP contribution in [-0.2, 0) is 13.6 Å². The molecule has 3 nitrogen and oxygen atoms in total. The van der Waals surface area contributed by atoms with Crippen molar-refractivity contribution >= 4 is 28.1 Å². The summed E-state index contributed by atoms with van der Waals surface area (Å²) in [6.07, 6.45) is 1.97. The smallest absolute Gasteiger partial charge is 0.252 e. The fourth-order valence-electron chi connectivity index (χ4n) is 2.18. The maximum Gasteiger partial charge on any atom is 0.252 e. The van der Waals surface area contributed by atoms with Crippen LogP contribution in [0, 0.1) is 0 Å². The van der Waals surface area contributed by atoms with Crippen LogP contribution in [0.4, 0.5) is 0 Å². The van der Waals surface area contributed by atoms with Gasteiger partial charge in [0.25, 0.3) is 5.91 Å². The van der Waals surface area contributed by atoms with Crippen LogP contribution >= 0.6 is 11.3 Å². The number of aryl methyl sites for hydroxylation is 1. The van der Waals surface area contributed by atoms with Gasteiger partial charge in [0.05, 0.1) is 6.54 Å². The van der Waals surface area contributed by atoms with Crippen LogP contribution < -0.4 is 5.32 Å². The quantitative estimate of drug-likeness (QED) is 0.779. The lowest BCUT2D eigenvalue weighted by molar-refractivity contribution is 0.0953. The van der Waals surface area contributed by atoms with Crippen molar-refractivity contribution in [3.63, 3.8) is 0 Å². The molecule has 4 heteroatoms. The third-order valence-electron chi connectivity index (χ3n) is 3.18. The number of aromatic nitrogens is 1. The lowest BCUT2D eigenvalue weighted by Gasteiger charge is -2.05. The van der Waals surface area contributed by atoms with Gasteiger partial charge in [-0.2, -0.15) is 0 Å². The van der Waals surface area contributed by atoms with Crippen LogP contribution in [0.3, 0.4) is 0 Å². The molecule has 0 aliphatic carbocycles. The van der Waals surface area contributed by atoms with Crippen LogP contribution in [0.1, 0.15) is 15.2 Å². The molecule has 3 aromatic rings. The first kappa shape index (κ1) is 12.0. The van der Waals surface area contributed by atoms with Gasteiger partial charge in [-0.05, 0) is 29.6 Å². The minimum atomic E-state index is -0.0230. The molecule has 96 valence electrons. The molecule has 1 aromatic carbocycles. The Balaban J connectivity index is 1.85. The maximum atomic E-state index is 12.2. The Morgan fingerprint density at radius 1 is 1.26 bits per heavy atom. The summed E-state index contributed by atoms with van der Waals surface area (Å²) < 4.78 is 2.02. The van der Waals surface area contributed by atoms with E-state index in [0.717, 1.165) is 21.3 Å². The zero-order valence-corrected chi connectivity index (χ0v) is 11.4. The zero-order valence-electron chi connectivity index (χ0n) is 10.6. The van der Waals surface area contributed by atoms with Crippen molar-refractivity contribution < 1.29 is 4.79 Å². The van der Waals surface area contributed by atoms with Crippen molar-refractivity contribution in [2.75, 3.05) is 0 Å². The minimum absolute atomic E-state index is 0.0230. The molecule has 1 N–H and O–H groups in total. The highest BCUT2D eigenvalue weighted by atomic mass is 32.1. The second kappa shape index (κ2) is 4.90. The summed E-state index contributed by atoms with van der Waals surface area (Å²) in [7, 11) is 1.98. The Bertz CT molecular complexity index is 713. The molecule has 2 aromatic heterocycles. The third-order valence-corrected chi connectivity index (χ3v) is 4.05. The summed E-state index contributed by atoms with van der Waals surface area (Å²) in [5.74, 6) is -0.0230. The molecule has 0 aliphatic rings. The number of hydrogen-bond donors (Lipinski definition) is 1. The Kier molecular flexibility index (Phi) is 3.09. The molecule has 2 heterocycles. The molecule has 0 saturated carbocycles. The number of hydrogen-bond acceptors (Lipinski definition) is 2. The molecule has 0 saturated heterocycles. The number of thiophene rings is 1. The fraction of sp³-hybridized carbons (Fsp3) is 0.133. The topological polar surface area (TPSA) is 34.0 Å². The normalized spacial score (nSPS) is 10.8. The van der Waals surface area contributed by atoms with E-state index in [-0.39, 0.29) is 5.91 Å². The average Bonchev–Trinajstić information content (AvgIpc) is 3.06. The molecule has 0 radical (unpaired) electrons. The third kappa shape index (κ3) is 2.27. The molecule has 19 heavy (non-hydrogen) atoms. The molecule has 3 rings (SSSR count). The van der Waals surface area contributed by atoms with Crippen LogP contribution in [0.25, 0.3) is 10.9 Å². The first-order valence-electron chi connectivity index (χ1n) is 6.10. The van der Waals surface area contributed by atoms with Gasteiger partial charge in [-0.25, -0.2) is 0 Å². The molecule has 0 bridgehead atoms. The zero-order chi connectivity index (χ0) is 13.2. The number of rotatable bonds is 3. The second-order valence-corrected chi connectivity index (χ2v) is 5.46. The molecule has 0 spiro atoms. The van der Waals surface area contributed by atoms with Gasteiger partial charge < -0.3 is 9.88 Å². The van der Waals surface area contributed by atoms with Gasteiger partial charge in [-0.3, -0.25) is 4.79 Å². The van der Waals surface area contributed by atoms with E-state index in [1.807, 2.05) is 59.6 Å². The van der Waals surface area contributed by atoms with E-state index in [1.54, 1.807) is 11.3 Å².